The molecule has 3 heteroatoms. The van der Waals surface area contributed by atoms with E-state index in [2.05, 4.69) is 6.92 Å². The number of aryl methyl sites for hydroxylation is 1. The molecule has 0 saturated carbocycles. The zero-order valence-corrected chi connectivity index (χ0v) is 9.32. The van der Waals surface area contributed by atoms with E-state index in [1.807, 2.05) is 29.6 Å². The summed E-state index contributed by atoms with van der Waals surface area (Å²) in [5.41, 5.74) is 8.85. The van der Waals surface area contributed by atoms with E-state index < -0.39 is 0 Å². The first-order valence-electron chi connectivity index (χ1n) is 4.28. The SMILES string of the molecule is Cc1ccc(N)cc1-c1sccc1Cl. The quantitative estimate of drug-likeness (QED) is 0.728. The Hall–Kier alpha value is -0.990. The van der Waals surface area contributed by atoms with Crippen LogP contribution in [0.25, 0.3) is 10.4 Å². The summed E-state index contributed by atoms with van der Waals surface area (Å²) in [5, 5.41) is 2.78. The van der Waals surface area contributed by atoms with Gasteiger partial charge in [-0.3, -0.25) is 0 Å². The Labute approximate surface area is 92.1 Å². The molecule has 0 saturated heterocycles. The van der Waals surface area contributed by atoms with Crippen LogP contribution in [0.2, 0.25) is 5.02 Å². The van der Waals surface area contributed by atoms with Gasteiger partial charge in [-0.2, -0.15) is 0 Å². The molecule has 2 aromatic rings. The summed E-state index contributed by atoms with van der Waals surface area (Å²) < 4.78 is 0. The van der Waals surface area contributed by atoms with Gasteiger partial charge in [-0.25, -0.2) is 0 Å². The summed E-state index contributed by atoms with van der Waals surface area (Å²) in [6, 6.07) is 7.79. The summed E-state index contributed by atoms with van der Waals surface area (Å²) in [6.45, 7) is 2.06. The van der Waals surface area contributed by atoms with Crippen molar-refractivity contribution in [2.75, 3.05) is 5.73 Å². The van der Waals surface area contributed by atoms with Crippen molar-refractivity contribution in [2.45, 2.75) is 6.92 Å². The maximum Gasteiger partial charge on any atom is 0.0592 e. The predicted molar refractivity (Wildman–Crippen MR) is 63.9 cm³/mol. The van der Waals surface area contributed by atoms with Crippen LogP contribution in [-0.4, -0.2) is 0 Å². The van der Waals surface area contributed by atoms with Crippen molar-refractivity contribution in [3.63, 3.8) is 0 Å². The number of benzene rings is 1. The molecule has 0 aliphatic heterocycles. The van der Waals surface area contributed by atoms with Gasteiger partial charge in [-0.15, -0.1) is 11.3 Å². The molecule has 0 amide bonds. The predicted octanol–water partition coefficient (Wildman–Crippen LogP) is 3.96. The van der Waals surface area contributed by atoms with E-state index in [9.17, 15) is 0 Å². The van der Waals surface area contributed by atoms with Crippen molar-refractivity contribution in [3.05, 3.63) is 40.2 Å². The van der Waals surface area contributed by atoms with E-state index in [4.69, 9.17) is 17.3 Å². The first kappa shape index (κ1) is 9.56. The molecular weight excluding hydrogens is 214 g/mol. The molecular formula is C11H10ClNS. The van der Waals surface area contributed by atoms with Crippen molar-refractivity contribution in [1.29, 1.82) is 0 Å². The number of anilines is 1. The third-order valence-corrected chi connectivity index (χ3v) is 3.50. The van der Waals surface area contributed by atoms with Crippen LogP contribution in [0, 0.1) is 6.92 Å². The maximum absolute atomic E-state index is 6.07. The van der Waals surface area contributed by atoms with Gasteiger partial charge in [0, 0.05) is 5.69 Å². The van der Waals surface area contributed by atoms with Gasteiger partial charge in [0.15, 0.2) is 0 Å². The molecule has 1 aromatic heterocycles. The molecule has 1 heterocycles. The summed E-state index contributed by atoms with van der Waals surface area (Å²) >= 11 is 7.71. The largest absolute Gasteiger partial charge is 0.399 e. The summed E-state index contributed by atoms with van der Waals surface area (Å²) in [4.78, 5) is 1.09. The number of halogens is 1. The fourth-order valence-electron chi connectivity index (χ4n) is 1.37. The van der Waals surface area contributed by atoms with Gasteiger partial charge in [0.05, 0.1) is 9.90 Å². The van der Waals surface area contributed by atoms with E-state index in [-0.39, 0.29) is 0 Å². The Morgan fingerprint density at radius 1 is 1.29 bits per heavy atom. The van der Waals surface area contributed by atoms with E-state index in [1.165, 1.54) is 5.56 Å². The highest BCUT2D eigenvalue weighted by atomic mass is 35.5. The second-order valence-corrected chi connectivity index (χ2v) is 4.50. The molecule has 2 rings (SSSR count). The van der Waals surface area contributed by atoms with Crippen molar-refractivity contribution in [2.24, 2.45) is 0 Å². The third kappa shape index (κ3) is 1.63. The fraction of sp³-hybridized carbons (Fsp3) is 0.0909. The Bertz CT molecular complexity index is 462. The van der Waals surface area contributed by atoms with Crippen LogP contribution in [0.3, 0.4) is 0 Å². The van der Waals surface area contributed by atoms with Gasteiger partial charge in [0.2, 0.25) is 0 Å². The van der Waals surface area contributed by atoms with Crippen molar-refractivity contribution < 1.29 is 0 Å². The number of thiophene rings is 1. The third-order valence-electron chi connectivity index (χ3n) is 2.12. The van der Waals surface area contributed by atoms with Crippen LogP contribution in [0.1, 0.15) is 5.56 Å². The molecule has 0 unspecified atom stereocenters. The van der Waals surface area contributed by atoms with E-state index in [1.54, 1.807) is 11.3 Å². The normalized spacial score (nSPS) is 10.4. The highest BCUT2D eigenvalue weighted by molar-refractivity contribution is 7.14. The summed E-state index contributed by atoms with van der Waals surface area (Å²) in [5.74, 6) is 0. The average molecular weight is 224 g/mol. The van der Waals surface area contributed by atoms with Gasteiger partial charge < -0.3 is 5.73 Å². The minimum atomic E-state index is 0.773. The molecule has 14 heavy (non-hydrogen) atoms. The molecule has 72 valence electrons. The molecule has 1 aromatic carbocycles. The molecule has 2 N–H and O–H groups in total. The fourth-order valence-corrected chi connectivity index (χ4v) is 2.61. The molecule has 0 fully saturated rings. The van der Waals surface area contributed by atoms with Gasteiger partial charge in [0.25, 0.3) is 0 Å². The highest BCUT2D eigenvalue weighted by Gasteiger charge is 2.07. The number of hydrogen-bond donors (Lipinski definition) is 1. The number of nitrogen functional groups attached to an aromatic ring is 1. The Morgan fingerprint density at radius 3 is 2.71 bits per heavy atom. The highest BCUT2D eigenvalue weighted by Crippen LogP contribution is 2.35. The lowest BCUT2D eigenvalue weighted by molar-refractivity contribution is 1.48. The topological polar surface area (TPSA) is 26.0 Å². The second-order valence-electron chi connectivity index (χ2n) is 3.17. The number of hydrogen-bond acceptors (Lipinski definition) is 2. The average Bonchev–Trinajstić information content (AvgIpc) is 2.56. The van der Waals surface area contributed by atoms with E-state index in [0.29, 0.717) is 0 Å². The van der Waals surface area contributed by atoms with Crippen LogP contribution in [0.15, 0.2) is 29.6 Å². The molecule has 0 spiro atoms. The van der Waals surface area contributed by atoms with Crippen molar-refractivity contribution in [3.8, 4) is 10.4 Å². The van der Waals surface area contributed by atoms with E-state index in [0.717, 1.165) is 21.2 Å². The molecule has 0 bridgehead atoms. The first-order chi connectivity index (χ1) is 6.68. The standard InChI is InChI=1S/C11H10ClNS/c1-7-2-3-8(13)6-9(7)11-10(12)4-5-14-11/h2-6H,13H2,1H3. The van der Waals surface area contributed by atoms with Gasteiger partial charge in [0.1, 0.15) is 0 Å². The van der Waals surface area contributed by atoms with Gasteiger partial charge >= 0.3 is 0 Å². The zero-order valence-electron chi connectivity index (χ0n) is 7.75. The Kier molecular flexibility index (Phi) is 2.48. The summed E-state index contributed by atoms with van der Waals surface area (Å²) in [6.07, 6.45) is 0. The van der Waals surface area contributed by atoms with E-state index >= 15 is 0 Å². The lowest BCUT2D eigenvalue weighted by atomic mass is 10.1. The Balaban J connectivity index is 2.62. The monoisotopic (exact) mass is 223 g/mol. The molecule has 0 aliphatic rings. The van der Waals surface area contributed by atoms with Gasteiger partial charge in [-0.05, 0) is 41.6 Å². The first-order valence-corrected chi connectivity index (χ1v) is 5.54. The molecule has 0 radical (unpaired) electrons. The number of nitrogens with two attached hydrogens (primary N) is 1. The molecule has 0 aliphatic carbocycles. The second kappa shape index (κ2) is 3.64. The maximum atomic E-state index is 6.07. The molecule has 0 atom stereocenters. The van der Waals surface area contributed by atoms with Crippen molar-refractivity contribution >= 4 is 28.6 Å². The number of rotatable bonds is 1. The van der Waals surface area contributed by atoms with Crippen LogP contribution < -0.4 is 5.73 Å². The van der Waals surface area contributed by atoms with Crippen LogP contribution in [0.4, 0.5) is 5.69 Å². The minimum Gasteiger partial charge on any atom is -0.399 e. The van der Waals surface area contributed by atoms with Gasteiger partial charge in [-0.1, -0.05) is 17.7 Å². The lowest BCUT2D eigenvalue weighted by Crippen LogP contribution is -1.87. The molecule has 1 nitrogen and oxygen atoms in total. The van der Waals surface area contributed by atoms with Crippen LogP contribution >= 0.6 is 22.9 Å². The lowest BCUT2D eigenvalue weighted by Gasteiger charge is -2.05. The van der Waals surface area contributed by atoms with Crippen LogP contribution in [-0.2, 0) is 0 Å². The van der Waals surface area contributed by atoms with Crippen molar-refractivity contribution in [1.82, 2.24) is 0 Å². The van der Waals surface area contributed by atoms with Crippen LogP contribution in [0.5, 0.6) is 0 Å². The smallest absolute Gasteiger partial charge is 0.0592 e. The summed E-state index contributed by atoms with van der Waals surface area (Å²) in [7, 11) is 0. The Morgan fingerprint density at radius 2 is 2.07 bits per heavy atom. The minimum absolute atomic E-state index is 0.773. The zero-order chi connectivity index (χ0) is 10.1.